The van der Waals surface area contributed by atoms with E-state index in [1.807, 2.05) is 0 Å². The number of nitrogens with one attached hydrogen (secondary N) is 1. The minimum absolute atomic E-state index is 0.0753. The van der Waals surface area contributed by atoms with Gasteiger partial charge in [0.25, 0.3) is 0 Å². The molecule has 0 aliphatic rings. The van der Waals surface area contributed by atoms with Crippen LogP contribution in [0, 0.1) is 5.82 Å². The lowest BCUT2D eigenvalue weighted by atomic mass is 9.97. The SMILES string of the molecule is COc1cccc(C(C)C(=O)NCC(C(=O)O)c2ccc(F)cc2)c1. The molecule has 2 unspecified atom stereocenters. The molecule has 0 heterocycles. The highest BCUT2D eigenvalue weighted by atomic mass is 19.1. The highest BCUT2D eigenvalue weighted by molar-refractivity contribution is 5.84. The zero-order valence-corrected chi connectivity index (χ0v) is 14.0. The van der Waals surface area contributed by atoms with E-state index in [-0.39, 0.29) is 12.5 Å². The van der Waals surface area contributed by atoms with Crippen molar-refractivity contribution >= 4 is 11.9 Å². The Hall–Kier alpha value is -2.89. The van der Waals surface area contributed by atoms with Gasteiger partial charge in [0.2, 0.25) is 5.91 Å². The standard InChI is InChI=1S/C19H20FNO4/c1-12(14-4-3-5-16(10-14)25-2)18(22)21-11-17(19(23)24)13-6-8-15(20)9-7-13/h3-10,12,17H,11H2,1-2H3,(H,21,22)(H,23,24). The van der Waals surface area contributed by atoms with E-state index >= 15 is 0 Å². The first kappa shape index (κ1) is 18.4. The second-order valence-corrected chi connectivity index (χ2v) is 5.69. The van der Waals surface area contributed by atoms with E-state index in [0.29, 0.717) is 11.3 Å². The van der Waals surface area contributed by atoms with Crippen LogP contribution in [0.4, 0.5) is 4.39 Å². The summed E-state index contributed by atoms with van der Waals surface area (Å²) < 4.78 is 18.1. The summed E-state index contributed by atoms with van der Waals surface area (Å²) >= 11 is 0. The van der Waals surface area contributed by atoms with Crippen molar-refractivity contribution in [2.45, 2.75) is 18.8 Å². The lowest BCUT2D eigenvalue weighted by Gasteiger charge is -2.17. The maximum absolute atomic E-state index is 13.0. The van der Waals surface area contributed by atoms with Crippen molar-refractivity contribution < 1.29 is 23.8 Å². The van der Waals surface area contributed by atoms with Gasteiger partial charge < -0.3 is 15.2 Å². The van der Waals surface area contributed by atoms with E-state index in [9.17, 15) is 19.1 Å². The predicted octanol–water partition coefficient (Wildman–Crippen LogP) is 2.92. The van der Waals surface area contributed by atoms with Crippen LogP contribution in [0.2, 0.25) is 0 Å². The van der Waals surface area contributed by atoms with Crippen LogP contribution in [0.15, 0.2) is 48.5 Å². The predicted molar refractivity (Wildman–Crippen MR) is 91.2 cm³/mol. The number of carbonyl (C=O) groups excluding carboxylic acids is 1. The highest BCUT2D eigenvalue weighted by Crippen LogP contribution is 2.21. The third-order valence-electron chi connectivity index (χ3n) is 4.04. The van der Waals surface area contributed by atoms with E-state index in [0.717, 1.165) is 5.56 Å². The van der Waals surface area contributed by atoms with Crippen LogP contribution in [0.3, 0.4) is 0 Å². The van der Waals surface area contributed by atoms with Crippen molar-refractivity contribution in [1.29, 1.82) is 0 Å². The summed E-state index contributed by atoms with van der Waals surface area (Å²) in [5.74, 6) is -2.57. The van der Waals surface area contributed by atoms with Gasteiger partial charge in [0.15, 0.2) is 0 Å². The Balaban J connectivity index is 2.05. The molecule has 0 aromatic heterocycles. The number of methoxy groups -OCH3 is 1. The molecule has 0 aliphatic carbocycles. The third-order valence-corrected chi connectivity index (χ3v) is 4.04. The first-order chi connectivity index (χ1) is 11.9. The number of rotatable bonds is 7. The van der Waals surface area contributed by atoms with E-state index in [4.69, 9.17) is 4.74 Å². The molecule has 2 aromatic rings. The average molecular weight is 345 g/mol. The molecule has 6 heteroatoms. The molecule has 0 saturated heterocycles. The molecule has 0 fully saturated rings. The number of amides is 1. The lowest BCUT2D eigenvalue weighted by Crippen LogP contribution is -2.34. The monoisotopic (exact) mass is 345 g/mol. The second-order valence-electron chi connectivity index (χ2n) is 5.69. The Kier molecular flexibility index (Phi) is 6.11. The number of benzene rings is 2. The molecule has 2 rings (SSSR count). The van der Waals surface area contributed by atoms with Crippen LogP contribution >= 0.6 is 0 Å². The van der Waals surface area contributed by atoms with Crippen molar-refractivity contribution in [3.8, 4) is 5.75 Å². The fraction of sp³-hybridized carbons (Fsp3) is 0.263. The Labute approximate surface area is 145 Å². The quantitative estimate of drug-likeness (QED) is 0.809. The molecule has 132 valence electrons. The number of aliphatic carboxylic acids is 1. The Morgan fingerprint density at radius 2 is 1.84 bits per heavy atom. The fourth-order valence-electron chi connectivity index (χ4n) is 2.46. The van der Waals surface area contributed by atoms with Crippen molar-refractivity contribution in [2.75, 3.05) is 13.7 Å². The van der Waals surface area contributed by atoms with E-state index in [1.165, 1.54) is 24.3 Å². The zero-order chi connectivity index (χ0) is 18.4. The van der Waals surface area contributed by atoms with Crippen LogP contribution in [-0.2, 0) is 9.59 Å². The molecule has 0 spiro atoms. The Morgan fingerprint density at radius 1 is 1.16 bits per heavy atom. The van der Waals surface area contributed by atoms with Crippen LogP contribution in [0.5, 0.6) is 5.75 Å². The number of hydrogen-bond acceptors (Lipinski definition) is 3. The molecular weight excluding hydrogens is 325 g/mol. The number of carbonyl (C=O) groups is 2. The van der Waals surface area contributed by atoms with Crippen molar-refractivity contribution in [3.05, 3.63) is 65.5 Å². The number of halogens is 1. The van der Waals surface area contributed by atoms with Crippen LogP contribution < -0.4 is 10.1 Å². The largest absolute Gasteiger partial charge is 0.497 e. The first-order valence-corrected chi connectivity index (χ1v) is 7.82. The van der Waals surface area contributed by atoms with Gasteiger partial charge in [0.1, 0.15) is 11.6 Å². The molecule has 2 aromatic carbocycles. The molecule has 2 N–H and O–H groups in total. The second kappa shape index (κ2) is 8.28. The number of carboxylic acids is 1. The summed E-state index contributed by atoms with van der Waals surface area (Å²) in [5, 5.41) is 12.0. The maximum atomic E-state index is 13.0. The first-order valence-electron chi connectivity index (χ1n) is 7.82. The van der Waals surface area contributed by atoms with Gasteiger partial charge in [-0.05, 0) is 42.3 Å². The van der Waals surface area contributed by atoms with Crippen molar-refractivity contribution in [2.24, 2.45) is 0 Å². The molecule has 25 heavy (non-hydrogen) atoms. The van der Waals surface area contributed by atoms with Crippen molar-refractivity contribution in [3.63, 3.8) is 0 Å². The van der Waals surface area contributed by atoms with Gasteiger partial charge in [-0.2, -0.15) is 0 Å². The van der Waals surface area contributed by atoms with E-state index in [2.05, 4.69) is 5.32 Å². The van der Waals surface area contributed by atoms with Gasteiger partial charge in [-0.15, -0.1) is 0 Å². The average Bonchev–Trinajstić information content (AvgIpc) is 2.62. The molecular formula is C19H20FNO4. The van der Waals surface area contributed by atoms with Crippen LogP contribution in [0.1, 0.15) is 29.9 Å². The summed E-state index contributed by atoms with van der Waals surface area (Å²) in [6.07, 6.45) is 0. The molecule has 1 amide bonds. The van der Waals surface area contributed by atoms with E-state index in [1.54, 1.807) is 38.3 Å². The molecule has 0 aliphatic heterocycles. The van der Waals surface area contributed by atoms with Crippen LogP contribution in [-0.4, -0.2) is 30.6 Å². The molecule has 0 saturated carbocycles. The third kappa shape index (κ3) is 4.79. The number of hydrogen-bond donors (Lipinski definition) is 2. The molecule has 5 nitrogen and oxygen atoms in total. The zero-order valence-electron chi connectivity index (χ0n) is 14.0. The Morgan fingerprint density at radius 3 is 2.44 bits per heavy atom. The van der Waals surface area contributed by atoms with Crippen molar-refractivity contribution in [1.82, 2.24) is 5.32 Å². The van der Waals surface area contributed by atoms with Gasteiger partial charge in [0.05, 0.1) is 18.9 Å². The van der Waals surface area contributed by atoms with Gasteiger partial charge in [-0.25, -0.2) is 4.39 Å². The topological polar surface area (TPSA) is 75.6 Å². The smallest absolute Gasteiger partial charge is 0.312 e. The maximum Gasteiger partial charge on any atom is 0.312 e. The van der Waals surface area contributed by atoms with Gasteiger partial charge in [0, 0.05) is 6.54 Å². The minimum Gasteiger partial charge on any atom is -0.497 e. The number of ether oxygens (including phenoxy) is 1. The Bertz CT molecular complexity index is 745. The van der Waals surface area contributed by atoms with Gasteiger partial charge >= 0.3 is 5.97 Å². The summed E-state index contributed by atoms with van der Waals surface area (Å²) in [6, 6.07) is 12.4. The fourth-order valence-corrected chi connectivity index (χ4v) is 2.46. The van der Waals surface area contributed by atoms with Gasteiger partial charge in [-0.1, -0.05) is 24.3 Å². The summed E-state index contributed by atoms with van der Waals surface area (Å²) in [5.41, 5.74) is 1.20. The molecule has 0 radical (unpaired) electrons. The molecule has 0 bridgehead atoms. The summed E-state index contributed by atoms with van der Waals surface area (Å²) in [4.78, 5) is 23.8. The normalized spacial score (nSPS) is 12.9. The highest BCUT2D eigenvalue weighted by Gasteiger charge is 2.23. The summed E-state index contributed by atoms with van der Waals surface area (Å²) in [6.45, 7) is 1.66. The minimum atomic E-state index is -1.08. The van der Waals surface area contributed by atoms with Crippen LogP contribution in [0.25, 0.3) is 0 Å². The van der Waals surface area contributed by atoms with Gasteiger partial charge in [-0.3, -0.25) is 9.59 Å². The molecule has 2 atom stereocenters. The number of carboxylic acid groups (broad SMARTS) is 1. The summed E-state index contributed by atoms with van der Waals surface area (Å²) in [7, 11) is 1.55. The lowest BCUT2D eigenvalue weighted by molar-refractivity contribution is -0.138. The van der Waals surface area contributed by atoms with E-state index < -0.39 is 23.6 Å².